The second-order valence-electron chi connectivity index (χ2n) is 4.67. The van der Waals surface area contributed by atoms with Gasteiger partial charge in [0, 0.05) is 6.04 Å². The zero-order valence-electron chi connectivity index (χ0n) is 10.6. The van der Waals surface area contributed by atoms with Crippen molar-refractivity contribution < 1.29 is 26.3 Å². The third-order valence-corrected chi connectivity index (χ3v) is 4.93. The number of benzene rings is 1. The SMILES string of the molecule is CC(NS(=O)(=O)C1COC1)c1cccc(C(F)(F)F)c1. The standard InChI is InChI=1S/C12H14F3NO3S/c1-8(16-20(17,18)11-6-19-7-11)9-3-2-4-10(5-9)12(13,14)15/h2-5,8,11,16H,6-7H2,1H3. The third-order valence-electron chi connectivity index (χ3n) is 3.10. The molecule has 8 heteroatoms. The van der Waals surface area contributed by atoms with E-state index in [9.17, 15) is 21.6 Å². The Morgan fingerprint density at radius 3 is 2.50 bits per heavy atom. The molecule has 1 aromatic rings. The highest BCUT2D eigenvalue weighted by Crippen LogP contribution is 2.31. The van der Waals surface area contributed by atoms with Gasteiger partial charge in [-0.15, -0.1) is 0 Å². The van der Waals surface area contributed by atoms with Crippen molar-refractivity contribution in [2.45, 2.75) is 24.4 Å². The fourth-order valence-corrected chi connectivity index (χ4v) is 3.16. The summed E-state index contributed by atoms with van der Waals surface area (Å²) < 4.78 is 68.7. The van der Waals surface area contributed by atoms with Crippen LogP contribution in [-0.2, 0) is 20.9 Å². The molecule has 0 radical (unpaired) electrons. The Kier molecular flexibility index (Phi) is 4.08. The Labute approximate surface area is 115 Å². The summed E-state index contributed by atoms with van der Waals surface area (Å²) in [7, 11) is -3.58. The van der Waals surface area contributed by atoms with Crippen LogP contribution in [0.15, 0.2) is 24.3 Å². The molecule has 4 nitrogen and oxygen atoms in total. The van der Waals surface area contributed by atoms with Crippen molar-refractivity contribution in [3.63, 3.8) is 0 Å². The van der Waals surface area contributed by atoms with Gasteiger partial charge in [0.1, 0.15) is 5.25 Å². The van der Waals surface area contributed by atoms with Crippen LogP contribution in [0.25, 0.3) is 0 Å². The smallest absolute Gasteiger partial charge is 0.378 e. The van der Waals surface area contributed by atoms with Crippen molar-refractivity contribution >= 4 is 10.0 Å². The molecule has 1 unspecified atom stereocenters. The Bertz CT molecular complexity index is 582. The maximum absolute atomic E-state index is 12.6. The highest BCUT2D eigenvalue weighted by molar-refractivity contribution is 7.90. The molecule has 0 aromatic heterocycles. The lowest BCUT2D eigenvalue weighted by atomic mass is 10.1. The molecule has 20 heavy (non-hydrogen) atoms. The van der Waals surface area contributed by atoms with Crippen LogP contribution in [0.4, 0.5) is 13.2 Å². The van der Waals surface area contributed by atoms with Gasteiger partial charge in [-0.25, -0.2) is 13.1 Å². The molecule has 1 aliphatic rings. The quantitative estimate of drug-likeness (QED) is 0.926. The van der Waals surface area contributed by atoms with Gasteiger partial charge in [0.25, 0.3) is 0 Å². The number of nitrogens with one attached hydrogen (secondary N) is 1. The Balaban J connectivity index is 2.15. The summed E-state index contributed by atoms with van der Waals surface area (Å²) in [6.07, 6.45) is -4.45. The van der Waals surface area contributed by atoms with Gasteiger partial charge in [0.15, 0.2) is 0 Å². The Morgan fingerprint density at radius 2 is 2.00 bits per heavy atom. The van der Waals surface area contributed by atoms with E-state index in [1.54, 1.807) is 0 Å². The van der Waals surface area contributed by atoms with Crippen molar-refractivity contribution in [2.24, 2.45) is 0 Å². The van der Waals surface area contributed by atoms with Gasteiger partial charge in [-0.1, -0.05) is 12.1 Å². The average molecular weight is 309 g/mol. The molecule has 1 fully saturated rings. The van der Waals surface area contributed by atoms with Gasteiger partial charge in [-0.3, -0.25) is 0 Å². The van der Waals surface area contributed by atoms with Gasteiger partial charge in [-0.2, -0.15) is 13.2 Å². The monoisotopic (exact) mass is 309 g/mol. The second kappa shape index (κ2) is 5.34. The van der Waals surface area contributed by atoms with Gasteiger partial charge in [0.05, 0.1) is 18.8 Å². The molecule has 1 heterocycles. The first kappa shape index (κ1) is 15.3. The van der Waals surface area contributed by atoms with Crippen LogP contribution in [0.3, 0.4) is 0 Å². The van der Waals surface area contributed by atoms with E-state index >= 15 is 0 Å². The van der Waals surface area contributed by atoms with E-state index in [0.29, 0.717) is 0 Å². The number of rotatable bonds is 4. The predicted molar refractivity (Wildman–Crippen MR) is 66.5 cm³/mol. The summed E-state index contributed by atoms with van der Waals surface area (Å²) in [5.74, 6) is 0. The van der Waals surface area contributed by atoms with Gasteiger partial charge in [0.2, 0.25) is 10.0 Å². The zero-order valence-corrected chi connectivity index (χ0v) is 11.5. The minimum absolute atomic E-state index is 0.116. The summed E-state index contributed by atoms with van der Waals surface area (Å²) in [6.45, 7) is 1.74. The number of alkyl halides is 3. The molecule has 0 amide bonds. The minimum Gasteiger partial charge on any atom is -0.378 e. The molecule has 1 aliphatic heterocycles. The molecule has 1 aromatic carbocycles. The zero-order chi connectivity index (χ0) is 15.0. The number of hydrogen-bond donors (Lipinski definition) is 1. The van der Waals surface area contributed by atoms with E-state index in [0.717, 1.165) is 12.1 Å². The topological polar surface area (TPSA) is 55.4 Å². The maximum Gasteiger partial charge on any atom is 0.416 e. The Morgan fingerprint density at radius 1 is 1.35 bits per heavy atom. The highest BCUT2D eigenvalue weighted by Gasteiger charge is 2.34. The largest absolute Gasteiger partial charge is 0.416 e. The van der Waals surface area contributed by atoms with Crippen LogP contribution in [0.5, 0.6) is 0 Å². The van der Waals surface area contributed by atoms with Crippen molar-refractivity contribution in [1.29, 1.82) is 0 Å². The lowest BCUT2D eigenvalue weighted by molar-refractivity contribution is -0.137. The number of hydrogen-bond acceptors (Lipinski definition) is 3. The van der Waals surface area contributed by atoms with Crippen molar-refractivity contribution in [1.82, 2.24) is 4.72 Å². The molecule has 2 rings (SSSR count). The van der Waals surface area contributed by atoms with Crippen LogP contribution in [0.2, 0.25) is 0 Å². The van der Waals surface area contributed by atoms with E-state index in [-0.39, 0.29) is 18.8 Å². The van der Waals surface area contributed by atoms with E-state index in [1.165, 1.54) is 19.1 Å². The van der Waals surface area contributed by atoms with Gasteiger partial charge in [-0.05, 0) is 24.6 Å². The Hall–Kier alpha value is -1.12. The van der Waals surface area contributed by atoms with Crippen LogP contribution in [-0.4, -0.2) is 26.9 Å². The van der Waals surface area contributed by atoms with Crippen LogP contribution >= 0.6 is 0 Å². The van der Waals surface area contributed by atoms with E-state index in [2.05, 4.69) is 4.72 Å². The summed E-state index contributed by atoms with van der Waals surface area (Å²) in [6, 6.07) is 3.88. The lowest BCUT2D eigenvalue weighted by Crippen LogP contribution is -2.47. The lowest BCUT2D eigenvalue weighted by Gasteiger charge is -2.27. The van der Waals surface area contributed by atoms with E-state index < -0.39 is 33.1 Å². The van der Waals surface area contributed by atoms with Gasteiger partial charge < -0.3 is 4.74 Å². The van der Waals surface area contributed by atoms with Gasteiger partial charge >= 0.3 is 6.18 Å². The van der Waals surface area contributed by atoms with E-state index in [1.807, 2.05) is 0 Å². The average Bonchev–Trinajstić information content (AvgIpc) is 2.24. The van der Waals surface area contributed by atoms with Crippen molar-refractivity contribution in [2.75, 3.05) is 13.2 Å². The minimum atomic E-state index is -4.45. The molecule has 0 saturated carbocycles. The third kappa shape index (κ3) is 3.31. The van der Waals surface area contributed by atoms with E-state index in [4.69, 9.17) is 4.74 Å². The van der Waals surface area contributed by atoms with Crippen molar-refractivity contribution in [3.05, 3.63) is 35.4 Å². The fraction of sp³-hybridized carbons (Fsp3) is 0.500. The molecule has 112 valence electrons. The second-order valence-corrected chi connectivity index (χ2v) is 6.66. The van der Waals surface area contributed by atoms with Crippen LogP contribution in [0.1, 0.15) is 24.1 Å². The molecule has 1 N–H and O–H groups in total. The molecule has 1 saturated heterocycles. The normalized spacial score (nSPS) is 18.6. The molecular formula is C12H14F3NO3S. The number of sulfonamides is 1. The number of halogens is 3. The first-order chi connectivity index (χ1) is 9.20. The molecule has 1 atom stereocenters. The first-order valence-corrected chi connectivity index (χ1v) is 7.51. The molecule has 0 aliphatic carbocycles. The number of ether oxygens (including phenoxy) is 1. The van der Waals surface area contributed by atoms with Crippen LogP contribution in [0, 0.1) is 0 Å². The predicted octanol–water partition coefficient (Wildman–Crippen LogP) is 2.08. The highest BCUT2D eigenvalue weighted by atomic mass is 32.2. The first-order valence-electron chi connectivity index (χ1n) is 5.96. The molecule has 0 spiro atoms. The van der Waals surface area contributed by atoms with Crippen molar-refractivity contribution in [3.8, 4) is 0 Å². The summed E-state index contributed by atoms with van der Waals surface area (Å²) in [5, 5.41) is -0.629. The molecule has 0 bridgehead atoms. The summed E-state index contributed by atoms with van der Waals surface area (Å²) in [5.41, 5.74) is -0.531. The summed E-state index contributed by atoms with van der Waals surface area (Å²) in [4.78, 5) is 0. The summed E-state index contributed by atoms with van der Waals surface area (Å²) >= 11 is 0. The van der Waals surface area contributed by atoms with Crippen LogP contribution < -0.4 is 4.72 Å². The fourth-order valence-electron chi connectivity index (χ4n) is 1.79. The molecular weight excluding hydrogens is 295 g/mol. The maximum atomic E-state index is 12.6.